The highest BCUT2D eigenvalue weighted by Crippen LogP contribution is 2.15. The van der Waals surface area contributed by atoms with Crippen LogP contribution in [-0.2, 0) is 16.1 Å². The zero-order valence-electron chi connectivity index (χ0n) is 12.1. The number of hydrogen-bond acceptors (Lipinski definition) is 5. The lowest BCUT2D eigenvalue weighted by molar-refractivity contribution is -0.185. The maximum atomic E-state index is 12.0. The molecule has 0 aliphatic heterocycles. The number of nitrogens with one attached hydrogen (secondary N) is 1. The van der Waals surface area contributed by atoms with Gasteiger partial charge in [0, 0.05) is 12.7 Å². The van der Waals surface area contributed by atoms with Crippen LogP contribution in [0.2, 0.25) is 0 Å². The quantitative estimate of drug-likeness (QED) is 0.862. The molecule has 10 heteroatoms. The van der Waals surface area contributed by atoms with Crippen LogP contribution < -0.4 is 5.32 Å². The molecule has 7 nitrogen and oxygen atoms in total. The van der Waals surface area contributed by atoms with Crippen molar-refractivity contribution >= 4 is 5.91 Å². The van der Waals surface area contributed by atoms with E-state index in [4.69, 9.17) is 0 Å². The third-order valence-corrected chi connectivity index (χ3v) is 2.80. The molecular weight excluding hydrogens is 315 g/mol. The van der Waals surface area contributed by atoms with Crippen LogP contribution in [0, 0.1) is 0 Å². The number of nitrogens with zero attached hydrogens (tertiary/aromatic N) is 4. The average molecular weight is 329 g/mol. The maximum Gasteiger partial charge on any atom is 0.411 e. The minimum Gasteiger partial charge on any atom is -0.359 e. The molecule has 23 heavy (non-hydrogen) atoms. The van der Waals surface area contributed by atoms with Crippen LogP contribution in [0.1, 0.15) is 12.5 Å². The van der Waals surface area contributed by atoms with Crippen LogP contribution >= 0.6 is 0 Å². The molecule has 1 N–H and O–H groups in total. The van der Waals surface area contributed by atoms with Gasteiger partial charge in [0.15, 0.2) is 5.82 Å². The Labute approximate surface area is 129 Å². The zero-order chi connectivity index (χ0) is 16.9. The molecule has 2 rings (SSSR count). The lowest BCUT2D eigenvalue weighted by Gasteiger charge is -2.14. The van der Waals surface area contributed by atoms with Gasteiger partial charge in [-0.3, -0.25) is 4.79 Å². The number of aromatic nitrogens is 4. The Morgan fingerprint density at radius 3 is 2.78 bits per heavy atom. The number of carbonyl (C=O) groups excluding carboxylic acids is 1. The van der Waals surface area contributed by atoms with Gasteiger partial charge in [-0.15, -0.1) is 0 Å². The van der Waals surface area contributed by atoms with Crippen LogP contribution in [0.3, 0.4) is 0 Å². The van der Waals surface area contributed by atoms with Crippen molar-refractivity contribution in [1.29, 1.82) is 0 Å². The fraction of sp³-hybridized carbons (Fsp3) is 0.385. The molecule has 0 fully saturated rings. The van der Waals surface area contributed by atoms with Gasteiger partial charge >= 0.3 is 6.18 Å². The maximum absolute atomic E-state index is 12.0. The molecule has 0 aliphatic rings. The Bertz CT molecular complexity index is 628. The Morgan fingerprint density at radius 2 is 2.22 bits per heavy atom. The van der Waals surface area contributed by atoms with Gasteiger partial charge in [0.25, 0.3) is 0 Å². The molecular formula is C13H14F3N5O2. The van der Waals surface area contributed by atoms with E-state index < -0.39 is 24.8 Å². The molecule has 0 aromatic carbocycles. The third kappa shape index (κ3) is 5.33. The second-order valence-electron chi connectivity index (χ2n) is 4.65. The van der Waals surface area contributed by atoms with E-state index in [0.29, 0.717) is 11.4 Å². The second kappa shape index (κ2) is 7.18. The molecule has 1 amide bonds. The molecule has 2 aromatic heterocycles. The largest absolute Gasteiger partial charge is 0.411 e. The van der Waals surface area contributed by atoms with E-state index in [1.165, 1.54) is 30.5 Å². The van der Waals surface area contributed by atoms with E-state index >= 15 is 0 Å². The van der Waals surface area contributed by atoms with Gasteiger partial charge in [-0.25, -0.2) is 14.6 Å². The fourth-order valence-corrected chi connectivity index (χ4v) is 1.61. The van der Waals surface area contributed by atoms with Gasteiger partial charge in [-0.1, -0.05) is 6.07 Å². The van der Waals surface area contributed by atoms with Crippen molar-refractivity contribution in [3.8, 4) is 5.82 Å². The molecule has 0 aliphatic carbocycles. The number of ether oxygens (including phenoxy) is 1. The van der Waals surface area contributed by atoms with Crippen molar-refractivity contribution < 1.29 is 22.7 Å². The molecule has 2 heterocycles. The number of carbonyl (C=O) groups is 1. The Kier molecular flexibility index (Phi) is 5.27. The van der Waals surface area contributed by atoms with E-state index in [-0.39, 0.29) is 6.54 Å². The average Bonchev–Trinajstić information content (AvgIpc) is 3.04. The van der Waals surface area contributed by atoms with E-state index in [9.17, 15) is 18.0 Å². The van der Waals surface area contributed by atoms with Gasteiger partial charge < -0.3 is 10.1 Å². The molecule has 0 spiro atoms. The lowest BCUT2D eigenvalue weighted by atomic mass is 10.2. The summed E-state index contributed by atoms with van der Waals surface area (Å²) in [7, 11) is 0. The summed E-state index contributed by atoms with van der Waals surface area (Å²) in [5, 5.41) is 6.40. The van der Waals surface area contributed by atoms with Crippen LogP contribution in [0.4, 0.5) is 13.2 Å². The molecule has 0 saturated heterocycles. The summed E-state index contributed by atoms with van der Waals surface area (Å²) in [6, 6.07) is 3.39. The molecule has 0 unspecified atom stereocenters. The van der Waals surface area contributed by atoms with Crippen molar-refractivity contribution in [2.75, 3.05) is 6.61 Å². The Hall–Kier alpha value is -2.49. The Morgan fingerprint density at radius 1 is 1.43 bits per heavy atom. The first-order valence-corrected chi connectivity index (χ1v) is 6.61. The standard InChI is InChI=1S/C13H14F3N5O2/c1-9(23-6-13(14,15)16)12(22)19-5-10-2-3-11(18-4-10)21-8-17-7-20-21/h2-4,7-9H,5-6H2,1H3,(H,19,22)/t9-/m0/s1. The summed E-state index contributed by atoms with van der Waals surface area (Å²) in [6.45, 7) is -0.0773. The molecule has 0 bridgehead atoms. The van der Waals surface area contributed by atoms with Gasteiger partial charge in [0.1, 0.15) is 25.4 Å². The van der Waals surface area contributed by atoms with Crippen LogP contribution in [-0.4, -0.2) is 44.5 Å². The van der Waals surface area contributed by atoms with Gasteiger partial charge in [-0.05, 0) is 18.6 Å². The smallest absolute Gasteiger partial charge is 0.359 e. The number of halogens is 3. The second-order valence-corrected chi connectivity index (χ2v) is 4.65. The van der Waals surface area contributed by atoms with Gasteiger partial charge in [0.05, 0.1) is 0 Å². The number of hydrogen-bond donors (Lipinski definition) is 1. The molecule has 1 atom stereocenters. The molecule has 0 radical (unpaired) electrons. The Balaban J connectivity index is 1.82. The first-order valence-electron chi connectivity index (χ1n) is 6.61. The highest BCUT2D eigenvalue weighted by molar-refractivity contribution is 5.80. The predicted molar refractivity (Wildman–Crippen MR) is 72.5 cm³/mol. The molecule has 124 valence electrons. The fourth-order valence-electron chi connectivity index (χ4n) is 1.61. The minimum absolute atomic E-state index is 0.128. The summed E-state index contributed by atoms with van der Waals surface area (Å²) in [5.74, 6) is -0.0749. The van der Waals surface area contributed by atoms with E-state index in [2.05, 4.69) is 25.1 Å². The minimum atomic E-state index is -4.46. The zero-order valence-corrected chi connectivity index (χ0v) is 12.1. The van der Waals surface area contributed by atoms with E-state index in [1.807, 2.05) is 0 Å². The predicted octanol–water partition coefficient (Wildman–Crippen LogP) is 1.25. The molecule has 0 saturated carbocycles. The van der Waals surface area contributed by atoms with E-state index in [1.54, 1.807) is 12.1 Å². The highest BCUT2D eigenvalue weighted by atomic mass is 19.4. The first kappa shape index (κ1) is 16.9. The van der Waals surface area contributed by atoms with Crippen molar-refractivity contribution in [3.63, 3.8) is 0 Å². The first-order chi connectivity index (χ1) is 10.8. The summed E-state index contributed by atoms with van der Waals surface area (Å²) in [5.41, 5.74) is 0.685. The normalized spacial score (nSPS) is 12.9. The lowest BCUT2D eigenvalue weighted by Crippen LogP contribution is -2.36. The SMILES string of the molecule is C[C@H](OCC(F)(F)F)C(=O)NCc1ccc(-n2cncn2)nc1. The number of pyridine rings is 1. The number of amides is 1. The summed E-state index contributed by atoms with van der Waals surface area (Å²) < 4.78 is 41.9. The van der Waals surface area contributed by atoms with Crippen molar-refractivity contribution in [3.05, 3.63) is 36.5 Å². The van der Waals surface area contributed by atoms with Crippen LogP contribution in [0.5, 0.6) is 0 Å². The van der Waals surface area contributed by atoms with Crippen molar-refractivity contribution in [2.24, 2.45) is 0 Å². The highest BCUT2D eigenvalue weighted by Gasteiger charge is 2.29. The van der Waals surface area contributed by atoms with Gasteiger partial charge in [-0.2, -0.15) is 18.3 Å². The monoisotopic (exact) mass is 329 g/mol. The summed E-state index contributed by atoms with van der Waals surface area (Å²) >= 11 is 0. The number of rotatable bonds is 6. The summed E-state index contributed by atoms with van der Waals surface area (Å²) in [4.78, 5) is 19.6. The van der Waals surface area contributed by atoms with Crippen molar-refractivity contribution in [1.82, 2.24) is 25.1 Å². The third-order valence-electron chi connectivity index (χ3n) is 2.80. The van der Waals surface area contributed by atoms with Gasteiger partial charge in [0.2, 0.25) is 5.91 Å². The molecule has 2 aromatic rings. The summed E-state index contributed by atoms with van der Waals surface area (Å²) in [6.07, 6.45) is -1.27. The van der Waals surface area contributed by atoms with E-state index in [0.717, 1.165) is 0 Å². The van der Waals surface area contributed by atoms with Crippen LogP contribution in [0.25, 0.3) is 5.82 Å². The topological polar surface area (TPSA) is 81.9 Å². The van der Waals surface area contributed by atoms with Crippen molar-refractivity contribution in [2.45, 2.75) is 25.7 Å². The van der Waals surface area contributed by atoms with Crippen LogP contribution in [0.15, 0.2) is 31.0 Å². The number of alkyl halides is 3.